The summed E-state index contributed by atoms with van der Waals surface area (Å²) >= 11 is 0. The van der Waals surface area contributed by atoms with E-state index >= 15 is 0 Å². The summed E-state index contributed by atoms with van der Waals surface area (Å²) in [5.74, 6) is -0.503. The molecule has 1 amide bonds. The normalized spacial score (nSPS) is 14.0. The van der Waals surface area contributed by atoms with Crippen molar-refractivity contribution in [3.63, 3.8) is 0 Å². The van der Waals surface area contributed by atoms with E-state index in [-0.39, 0.29) is 6.61 Å². The highest BCUT2D eigenvalue weighted by Gasteiger charge is 2.22. The molecule has 41 heavy (non-hydrogen) atoms. The van der Waals surface area contributed by atoms with Crippen molar-refractivity contribution < 1.29 is 20.1 Å². The first-order valence-electron chi connectivity index (χ1n) is 18.0. The summed E-state index contributed by atoms with van der Waals surface area (Å²) in [6.07, 6.45) is 35.0. The Hall–Kier alpha value is -0.910. The van der Waals surface area contributed by atoms with Crippen LogP contribution in [0.2, 0.25) is 0 Å². The maximum atomic E-state index is 12.4. The molecule has 0 heterocycles. The van der Waals surface area contributed by atoms with Crippen LogP contribution in [0, 0.1) is 0 Å². The minimum atomic E-state index is -1.09. The lowest BCUT2D eigenvalue weighted by Gasteiger charge is -2.21. The van der Waals surface area contributed by atoms with Crippen molar-refractivity contribution >= 4 is 5.91 Å². The molecule has 244 valence electrons. The molecule has 5 heteroatoms. The summed E-state index contributed by atoms with van der Waals surface area (Å²) in [4.78, 5) is 12.4. The Morgan fingerprint density at radius 1 is 0.585 bits per heavy atom. The van der Waals surface area contributed by atoms with Crippen LogP contribution >= 0.6 is 0 Å². The van der Waals surface area contributed by atoms with Gasteiger partial charge in [0.2, 0.25) is 5.91 Å². The summed E-state index contributed by atoms with van der Waals surface area (Å²) in [5.41, 5.74) is 0. The smallest absolute Gasteiger partial charge is 0.249 e. The predicted molar refractivity (Wildman–Crippen MR) is 176 cm³/mol. The van der Waals surface area contributed by atoms with Gasteiger partial charge in [-0.1, -0.05) is 180 Å². The molecule has 0 fully saturated rings. The summed E-state index contributed by atoms with van der Waals surface area (Å²) in [5, 5.41) is 32.9. The zero-order valence-electron chi connectivity index (χ0n) is 27.4. The van der Waals surface area contributed by atoms with Crippen molar-refractivity contribution in [1.82, 2.24) is 5.32 Å². The molecule has 0 aromatic carbocycles. The monoisotopic (exact) mass is 582 g/mol. The van der Waals surface area contributed by atoms with E-state index < -0.39 is 24.2 Å². The van der Waals surface area contributed by atoms with E-state index in [4.69, 9.17) is 0 Å². The number of aliphatic hydroxyl groups excluding tert-OH is 3. The second-order valence-corrected chi connectivity index (χ2v) is 12.4. The van der Waals surface area contributed by atoms with Crippen LogP contribution in [0.3, 0.4) is 0 Å². The second-order valence-electron chi connectivity index (χ2n) is 12.4. The Morgan fingerprint density at radius 2 is 0.951 bits per heavy atom. The Morgan fingerprint density at radius 3 is 1.34 bits per heavy atom. The van der Waals surface area contributed by atoms with Gasteiger partial charge in [0, 0.05) is 0 Å². The molecule has 5 nitrogen and oxygen atoms in total. The number of hydrogen-bond donors (Lipinski definition) is 4. The molecule has 3 atom stereocenters. The molecule has 0 spiro atoms. The molecular weight excluding hydrogens is 510 g/mol. The van der Waals surface area contributed by atoms with Gasteiger partial charge in [-0.2, -0.15) is 0 Å². The van der Waals surface area contributed by atoms with Crippen LogP contribution in [0.25, 0.3) is 0 Å². The van der Waals surface area contributed by atoms with Crippen LogP contribution in [0.5, 0.6) is 0 Å². The molecular formula is C36H71NO4. The van der Waals surface area contributed by atoms with E-state index in [0.717, 1.165) is 32.1 Å². The van der Waals surface area contributed by atoms with Gasteiger partial charge in [0.15, 0.2) is 0 Å². The molecule has 1 unspecified atom stereocenters. The summed E-state index contributed by atoms with van der Waals surface area (Å²) in [7, 11) is 0. The number of unbranched alkanes of at least 4 members (excludes halogenated alkanes) is 24. The average Bonchev–Trinajstić information content (AvgIpc) is 2.98. The average molecular weight is 582 g/mol. The maximum absolute atomic E-state index is 12.4. The fourth-order valence-electron chi connectivity index (χ4n) is 5.48. The Kier molecular flexibility index (Phi) is 31.3. The molecule has 0 rings (SSSR count). The van der Waals surface area contributed by atoms with E-state index in [9.17, 15) is 20.1 Å². The lowest BCUT2D eigenvalue weighted by molar-refractivity contribution is -0.131. The predicted octanol–water partition coefficient (Wildman–Crippen LogP) is 9.31. The van der Waals surface area contributed by atoms with Crippen molar-refractivity contribution in [2.24, 2.45) is 0 Å². The van der Waals surface area contributed by atoms with Crippen LogP contribution in [-0.2, 0) is 4.79 Å². The number of nitrogens with one attached hydrogen (secondary N) is 1. The molecule has 0 aliphatic carbocycles. The van der Waals surface area contributed by atoms with Crippen molar-refractivity contribution in [2.75, 3.05) is 6.61 Å². The highest BCUT2D eigenvalue weighted by Crippen LogP contribution is 2.15. The lowest BCUT2D eigenvalue weighted by atomic mass is 10.0. The van der Waals surface area contributed by atoms with E-state index in [0.29, 0.717) is 6.42 Å². The van der Waals surface area contributed by atoms with Gasteiger partial charge >= 0.3 is 0 Å². The fourth-order valence-corrected chi connectivity index (χ4v) is 5.48. The third-order valence-corrected chi connectivity index (χ3v) is 8.38. The Labute approximate surface area is 255 Å². The van der Waals surface area contributed by atoms with Crippen LogP contribution in [0.1, 0.15) is 187 Å². The molecule has 0 aliphatic rings. The molecule has 0 aliphatic heterocycles. The molecule has 0 saturated carbocycles. The van der Waals surface area contributed by atoms with Crippen molar-refractivity contribution in [1.29, 1.82) is 0 Å². The van der Waals surface area contributed by atoms with E-state index in [1.54, 1.807) is 6.08 Å². The molecule has 0 aromatic rings. The summed E-state index contributed by atoms with van der Waals surface area (Å²) < 4.78 is 0. The first-order chi connectivity index (χ1) is 20.1. The van der Waals surface area contributed by atoms with Gasteiger partial charge in [-0.25, -0.2) is 0 Å². The van der Waals surface area contributed by atoms with Gasteiger partial charge in [-0.05, 0) is 19.3 Å². The van der Waals surface area contributed by atoms with Gasteiger partial charge in [0.1, 0.15) is 6.10 Å². The maximum Gasteiger partial charge on any atom is 0.249 e. The van der Waals surface area contributed by atoms with Gasteiger partial charge in [0.05, 0.1) is 18.8 Å². The standard InChI is InChI=1S/C36H71NO4/c1-3-5-7-9-11-13-15-17-19-21-23-25-27-29-31-35(40)36(41)37-33(32-38)34(39)30-28-26-24-22-20-18-16-14-12-10-8-6-4-2/h28,30,33-35,38-40H,3-27,29,31-32H2,1-2H3,(H,37,41)/t33-,34+,35?/m0/s1. The summed E-state index contributed by atoms with van der Waals surface area (Å²) in [6, 6.07) is -0.790. The number of amides is 1. The molecule has 4 N–H and O–H groups in total. The Balaban J connectivity index is 3.74. The number of carbonyl (C=O) groups is 1. The molecule has 0 aromatic heterocycles. The van der Waals surface area contributed by atoms with E-state index in [1.165, 1.54) is 135 Å². The van der Waals surface area contributed by atoms with E-state index in [1.807, 2.05) is 6.08 Å². The van der Waals surface area contributed by atoms with Crippen molar-refractivity contribution in [2.45, 2.75) is 205 Å². The number of rotatable bonds is 32. The quantitative estimate of drug-likeness (QED) is 0.0471. The second kappa shape index (κ2) is 32.0. The van der Waals surface area contributed by atoms with Crippen molar-refractivity contribution in [3.05, 3.63) is 12.2 Å². The summed E-state index contributed by atoms with van der Waals surface area (Å²) in [6.45, 7) is 4.16. The highest BCUT2D eigenvalue weighted by molar-refractivity contribution is 5.80. The van der Waals surface area contributed by atoms with Gasteiger partial charge in [0.25, 0.3) is 0 Å². The van der Waals surface area contributed by atoms with Crippen molar-refractivity contribution in [3.8, 4) is 0 Å². The van der Waals surface area contributed by atoms with E-state index in [2.05, 4.69) is 19.2 Å². The van der Waals surface area contributed by atoms with Crippen LogP contribution in [-0.4, -0.2) is 46.1 Å². The van der Waals surface area contributed by atoms with Gasteiger partial charge < -0.3 is 20.6 Å². The fraction of sp³-hybridized carbons (Fsp3) is 0.917. The molecule has 0 saturated heterocycles. The van der Waals surface area contributed by atoms with Gasteiger partial charge in [-0.3, -0.25) is 4.79 Å². The first-order valence-corrected chi connectivity index (χ1v) is 18.0. The lowest BCUT2D eigenvalue weighted by Crippen LogP contribution is -2.48. The number of hydrogen-bond acceptors (Lipinski definition) is 4. The first kappa shape index (κ1) is 40.1. The third kappa shape index (κ3) is 27.7. The minimum Gasteiger partial charge on any atom is -0.394 e. The highest BCUT2D eigenvalue weighted by atomic mass is 16.3. The van der Waals surface area contributed by atoms with Crippen LogP contribution < -0.4 is 5.32 Å². The molecule has 0 bridgehead atoms. The molecule has 0 radical (unpaired) electrons. The van der Waals surface area contributed by atoms with Gasteiger partial charge in [-0.15, -0.1) is 0 Å². The number of allylic oxidation sites excluding steroid dienone is 1. The SMILES string of the molecule is CCCCCCCCCCCCCC=C[C@@H](O)[C@H](CO)NC(=O)C(O)CCCCCCCCCCCCCCCC. The Bertz CT molecular complexity index is 568. The van der Waals surface area contributed by atoms with Crippen LogP contribution in [0.15, 0.2) is 12.2 Å². The van der Waals surface area contributed by atoms with Crippen LogP contribution in [0.4, 0.5) is 0 Å². The topological polar surface area (TPSA) is 89.8 Å². The third-order valence-electron chi connectivity index (χ3n) is 8.38. The zero-order valence-corrected chi connectivity index (χ0v) is 27.4. The minimum absolute atomic E-state index is 0.360. The zero-order chi connectivity index (χ0) is 30.2. The number of carbonyl (C=O) groups excluding carboxylic acids is 1. The number of aliphatic hydroxyl groups is 3. The largest absolute Gasteiger partial charge is 0.394 e.